The molecule has 5 heteroatoms. The van der Waals surface area contributed by atoms with Gasteiger partial charge in [-0.15, -0.1) is 0 Å². The summed E-state index contributed by atoms with van der Waals surface area (Å²) in [6.45, 7) is 8.20. The monoisotopic (exact) mass is 256 g/mol. The van der Waals surface area contributed by atoms with E-state index in [-0.39, 0.29) is 18.3 Å². The highest BCUT2D eigenvalue weighted by Gasteiger charge is 2.51. The first-order valence-electron chi connectivity index (χ1n) is 6.46. The summed E-state index contributed by atoms with van der Waals surface area (Å²) in [5, 5.41) is 9.10. The summed E-state index contributed by atoms with van der Waals surface area (Å²) >= 11 is 0. The third kappa shape index (κ3) is 2.03. The van der Waals surface area contributed by atoms with Crippen molar-refractivity contribution in [3.63, 3.8) is 0 Å². The van der Waals surface area contributed by atoms with Crippen LogP contribution in [0.25, 0.3) is 10.9 Å². The van der Waals surface area contributed by atoms with Gasteiger partial charge >= 0.3 is 7.12 Å². The molecule has 0 spiro atoms. The average molecular weight is 256 g/mol. The Morgan fingerprint density at radius 3 is 2.37 bits per heavy atom. The lowest BCUT2D eigenvalue weighted by molar-refractivity contribution is 0.00578. The quantitative estimate of drug-likeness (QED) is 0.731. The molecule has 1 saturated heterocycles. The molecule has 0 amide bonds. The van der Waals surface area contributed by atoms with Crippen molar-refractivity contribution in [3.8, 4) is 0 Å². The van der Waals surface area contributed by atoms with Crippen LogP contribution in [0.4, 0.5) is 0 Å². The van der Waals surface area contributed by atoms with Crippen LogP contribution < -0.4 is 5.46 Å². The van der Waals surface area contributed by atoms with Crippen molar-refractivity contribution in [2.75, 3.05) is 0 Å². The fourth-order valence-electron chi connectivity index (χ4n) is 2.12. The molecule has 1 aromatic carbocycles. The topological polar surface area (TPSA) is 44.2 Å². The highest BCUT2D eigenvalue weighted by molar-refractivity contribution is 6.62. The zero-order chi connectivity index (χ0) is 13.7. The molecule has 2 heterocycles. The number of rotatable bonds is 1. The molecule has 0 saturated carbocycles. The van der Waals surface area contributed by atoms with Crippen LogP contribution in [0.5, 0.6) is 0 Å². The van der Waals surface area contributed by atoms with Crippen LogP contribution in [0.2, 0.25) is 0 Å². The normalized spacial score (nSPS) is 20.9. The van der Waals surface area contributed by atoms with Crippen LogP contribution in [0.3, 0.4) is 0 Å². The number of benzene rings is 1. The van der Waals surface area contributed by atoms with Crippen molar-refractivity contribution < 1.29 is 9.31 Å². The van der Waals surface area contributed by atoms with Crippen LogP contribution in [-0.2, 0) is 9.31 Å². The summed E-state index contributed by atoms with van der Waals surface area (Å²) in [5.74, 6) is 0. The molecule has 1 aliphatic heterocycles. The zero-order valence-electron chi connectivity index (χ0n) is 11.7. The van der Waals surface area contributed by atoms with Gasteiger partial charge in [0, 0.05) is 5.39 Å². The van der Waals surface area contributed by atoms with E-state index >= 15 is 0 Å². The van der Waals surface area contributed by atoms with E-state index in [1.165, 1.54) is 0 Å². The number of nitrogens with zero attached hydrogens (tertiary/aromatic N) is 2. The fourth-order valence-corrected chi connectivity index (χ4v) is 2.12. The zero-order valence-corrected chi connectivity index (χ0v) is 11.7. The second-order valence-electron chi connectivity index (χ2n) is 5.94. The minimum atomic E-state index is -0.351. The summed E-state index contributed by atoms with van der Waals surface area (Å²) in [7, 11) is -0.351. The molecule has 1 aromatic heterocycles. The molecular formula is C14H17BN2O2. The molecule has 2 aromatic rings. The first-order chi connectivity index (χ1) is 8.89. The molecule has 0 aliphatic carbocycles. The summed E-state index contributed by atoms with van der Waals surface area (Å²) in [6.07, 6.45) is 1.69. The Labute approximate surface area is 113 Å². The molecule has 0 radical (unpaired) electrons. The second-order valence-corrected chi connectivity index (χ2v) is 5.94. The van der Waals surface area contributed by atoms with Crippen LogP contribution >= 0.6 is 0 Å². The number of fused-ring (bicyclic) bond motifs is 1. The van der Waals surface area contributed by atoms with Gasteiger partial charge in [0.2, 0.25) is 0 Å². The molecule has 4 nitrogen and oxygen atoms in total. The van der Waals surface area contributed by atoms with E-state index in [9.17, 15) is 0 Å². The Morgan fingerprint density at radius 2 is 1.68 bits per heavy atom. The van der Waals surface area contributed by atoms with Crippen molar-refractivity contribution in [3.05, 3.63) is 30.5 Å². The molecule has 0 unspecified atom stereocenters. The first kappa shape index (κ1) is 12.6. The van der Waals surface area contributed by atoms with Crippen LogP contribution in [0.15, 0.2) is 30.5 Å². The lowest BCUT2D eigenvalue weighted by atomic mass is 9.79. The summed E-state index contributed by atoms with van der Waals surface area (Å²) in [6, 6.07) is 7.96. The molecule has 19 heavy (non-hydrogen) atoms. The van der Waals surface area contributed by atoms with Crippen LogP contribution in [-0.4, -0.2) is 28.5 Å². The molecule has 0 bridgehead atoms. The van der Waals surface area contributed by atoms with E-state index in [0.29, 0.717) is 0 Å². The fraction of sp³-hybridized carbons (Fsp3) is 0.429. The number of aromatic nitrogens is 2. The van der Waals surface area contributed by atoms with Crippen molar-refractivity contribution in [1.82, 2.24) is 10.2 Å². The highest BCUT2D eigenvalue weighted by Crippen LogP contribution is 2.36. The smallest absolute Gasteiger partial charge is 0.399 e. The predicted octanol–water partition coefficient (Wildman–Crippen LogP) is 1.93. The lowest BCUT2D eigenvalue weighted by Gasteiger charge is -2.32. The predicted molar refractivity (Wildman–Crippen MR) is 75.3 cm³/mol. The van der Waals surface area contributed by atoms with Gasteiger partial charge < -0.3 is 9.31 Å². The SMILES string of the molecule is CC1(C)OB(c2ccc3ccnnc3c2)OC1(C)C. The molecule has 0 atom stereocenters. The minimum absolute atomic E-state index is 0.324. The molecule has 0 N–H and O–H groups in total. The van der Waals surface area contributed by atoms with Crippen LogP contribution in [0.1, 0.15) is 27.7 Å². The summed E-state index contributed by atoms with van der Waals surface area (Å²) < 4.78 is 12.1. The van der Waals surface area contributed by atoms with Gasteiger partial charge in [-0.25, -0.2) is 0 Å². The van der Waals surface area contributed by atoms with Gasteiger partial charge in [-0.2, -0.15) is 10.2 Å². The Bertz CT molecular complexity index is 612. The number of hydrogen-bond donors (Lipinski definition) is 0. The van der Waals surface area contributed by atoms with E-state index in [1.807, 2.05) is 52.0 Å². The van der Waals surface area contributed by atoms with E-state index in [0.717, 1.165) is 16.4 Å². The Balaban J connectivity index is 1.98. The largest absolute Gasteiger partial charge is 0.494 e. The summed E-state index contributed by atoms with van der Waals surface area (Å²) in [5.41, 5.74) is 1.19. The third-order valence-corrected chi connectivity index (χ3v) is 4.07. The molecule has 1 aliphatic rings. The van der Waals surface area contributed by atoms with Gasteiger partial charge in [0.05, 0.1) is 22.9 Å². The minimum Gasteiger partial charge on any atom is -0.399 e. The second kappa shape index (κ2) is 4.02. The van der Waals surface area contributed by atoms with Gasteiger partial charge in [0.25, 0.3) is 0 Å². The van der Waals surface area contributed by atoms with Crippen molar-refractivity contribution in [1.29, 1.82) is 0 Å². The van der Waals surface area contributed by atoms with Gasteiger partial charge in [-0.3, -0.25) is 0 Å². The number of hydrogen-bond acceptors (Lipinski definition) is 4. The Kier molecular flexibility index (Phi) is 2.66. The maximum atomic E-state index is 6.03. The maximum absolute atomic E-state index is 6.03. The third-order valence-electron chi connectivity index (χ3n) is 4.07. The van der Waals surface area contributed by atoms with Gasteiger partial charge in [0.1, 0.15) is 0 Å². The molecule has 1 fully saturated rings. The van der Waals surface area contributed by atoms with Crippen molar-refractivity contribution in [2.24, 2.45) is 0 Å². The van der Waals surface area contributed by atoms with E-state index in [4.69, 9.17) is 9.31 Å². The Morgan fingerprint density at radius 1 is 1.00 bits per heavy atom. The van der Waals surface area contributed by atoms with Crippen molar-refractivity contribution >= 4 is 23.5 Å². The average Bonchev–Trinajstić information content (AvgIpc) is 2.58. The lowest BCUT2D eigenvalue weighted by Crippen LogP contribution is -2.41. The van der Waals surface area contributed by atoms with E-state index in [2.05, 4.69) is 10.2 Å². The van der Waals surface area contributed by atoms with Crippen LogP contribution in [0, 0.1) is 0 Å². The summed E-state index contributed by atoms with van der Waals surface area (Å²) in [4.78, 5) is 0. The van der Waals surface area contributed by atoms with Gasteiger partial charge in [-0.05, 0) is 45.3 Å². The molecule has 3 rings (SSSR count). The maximum Gasteiger partial charge on any atom is 0.494 e. The molecular weight excluding hydrogens is 239 g/mol. The van der Waals surface area contributed by atoms with Crippen molar-refractivity contribution in [2.45, 2.75) is 38.9 Å². The standard InChI is InChI=1S/C14H17BN2O2/c1-13(2)14(3,4)19-15(18-13)11-6-5-10-7-8-16-17-12(10)9-11/h5-9H,1-4H3. The van der Waals surface area contributed by atoms with Gasteiger partial charge in [-0.1, -0.05) is 12.1 Å². The van der Waals surface area contributed by atoms with E-state index < -0.39 is 0 Å². The first-order valence-corrected chi connectivity index (χ1v) is 6.46. The Hall–Kier alpha value is -1.46. The highest BCUT2D eigenvalue weighted by atomic mass is 16.7. The van der Waals surface area contributed by atoms with E-state index in [1.54, 1.807) is 6.20 Å². The van der Waals surface area contributed by atoms with Gasteiger partial charge in [0.15, 0.2) is 0 Å². The molecule has 98 valence electrons.